The van der Waals surface area contributed by atoms with Crippen LogP contribution >= 0.6 is 0 Å². The highest BCUT2D eigenvalue weighted by Gasteiger charge is 2.37. The van der Waals surface area contributed by atoms with Gasteiger partial charge in [0.1, 0.15) is 5.82 Å². The number of nitrogens with one attached hydrogen (secondary N) is 1. The molecule has 2 aromatic rings. The van der Waals surface area contributed by atoms with Gasteiger partial charge in [-0.1, -0.05) is 29.8 Å². The van der Waals surface area contributed by atoms with Gasteiger partial charge in [0.2, 0.25) is 0 Å². The van der Waals surface area contributed by atoms with Crippen molar-refractivity contribution >= 4 is 5.82 Å². The summed E-state index contributed by atoms with van der Waals surface area (Å²) in [4.78, 5) is 3.82. The molecule has 1 aromatic heterocycles. The first-order valence-electron chi connectivity index (χ1n) is 7.27. The molecule has 0 bridgehead atoms. The van der Waals surface area contributed by atoms with Crippen LogP contribution < -0.4 is 5.32 Å². The van der Waals surface area contributed by atoms with E-state index in [1.54, 1.807) is 0 Å². The zero-order valence-electron chi connectivity index (χ0n) is 12.2. The quantitative estimate of drug-likeness (QED) is 0.891. The fourth-order valence-corrected chi connectivity index (χ4v) is 2.60. The number of benzene rings is 1. The van der Waals surface area contributed by atoms with Crippen LogP contribution in [0.2, 0.25) is 0 Å². The summed E-state index contributed by atoms with van der Waals surface area (Å²) < 4.78 is 37.4. The summed E-state index contributed by atoms with van der Waals surface area (Å²) in [5, 5.41) is 3.12. The van der Waals surface area contributed by atoms with Crippen molar-refractivity contribution in [3.8, 4) is 0 Å². The minimum absolute atomic E-state index is 0.488. The van der Waals surface area contributed by atoms with E-state index >= 15 is 0 Å². The van der Waals surface area contributed by atoms with Crippen LogP contribution in [-0.4, -0.2) is 11.5 Å². The Morgan fingerprint density at radius 3 is 2.45 bits per heavy atom. The monoisotopic (exact) mass is 306 g/mol. The van der Waals surface area contributed by atoms with Crippen molar-refractivity contribution < 1.29 is 13.2 Å². The first-order valence-corrected chi connectivity index (χ1v) is 7.27. The molecule has 5 heteroatoms. The molecule has 0 aliphatic heterocycles. The second-order valence-electron chi connectivity index (χ2n) is 5.82. The Labute approximate surface area is 127 Å². The summed E-state index contributed by atoms with van der Waals surface area (Å²) in [6.07, 6.45) is -2.36. The largest absolute Gasteiger partial charge is 0.417 e. The average molecular weight is 306 g/mol. The maximum Gasteiger partial charge on any atom is 0.417 e. The van der Waals surface area contributed by atoms with Gasteiger partial charge >= 0.3 is 6.18 Å². The van der Waals surface area contributed by atoms with E-state index in [9.17, 15) is 13.2 Å². The molecule has 0 amide bonds. The van der Waals surface area contributed by atoms with Gasteiger partial charge in [0, 0.05) is 12.7 Å². The number of rotatable bonds is 4. The summed E-state index contributed by atoms with van der Waals surface area (Å²) in [7, 11) is 0. The Hall–Kier alpha value is -2.04. The Balaban J connectivity index is 1.53. The molecule has 2 atom stereocenters. The van der Waals surface area contributed by atoms with Gasteiger partial charge in [-0.25, -0.2) is 4.98 Å². The zero-order valence-corrected chi connectivity index (χ0v) is 12.2. The van der Waals surface area contributed by atoms with Crippen LogP contribution in [0.1, 0.15) is 29.0 Å². The van der Waals surface area contributed by atoms with Crippen molar-refractivity contribution in [1.29, 1.82) is 0 Å². The van der Waals surface area contributed by atoms with Gasteiger partial charge in [-0.15, -0.1) is 0 Å². The molecule has 0 spiro atoms. The third kappa shape index (κ3) is 3.40. The van der Waals surface area contributed by atoms with Gasteiger partial charge in [-0.05, 0) is 42.9 Å². The average Bonchev–Trinajstić information content (AvgIpc) is 3.25. The number of pyridine rings is 1. The second-order valence-corrected chi connectivity index (χ2v) is 5.82. The Kier molecular flexibility index (Phi) is 3.81. The van der Waals surface area contributed by atoms with E-state index in [0.29, 0.717) is 17.7 Å². The number of nitrogens with zero attached hydrogens (tertiary/aromatic N) is 1. The molecule has 3 rings (SSSR count). The molecular formula is C17H17F3N2. The predicted octanol–water partition coefficient (Wildman–Crippen LogP) is 4.62. The summed E-state index contributed by atoms with van der Waals surface area (Å²) in [6.45, 7) is 2.79. The maximum atomic E-state index is 12.5. The van der Waals surface area contributed by atoms with E-state index in [-0.39, 0.29) is 0 Å². The third-order valence-corrected chi connectivity index (χ3v) is 4.06. The third-order valence-electron chi connectivity index (χ3n) is 4.06. The van der Waals surface area contributed by atoms with E-state index in [2.05, 4.69) is 41.5 Å². The summed E-state index contributed by atoms with van der Waals surface area (Å²) in [5.74, 6) is 1.55. The maximum absolute atomic E-state index is 12.5. The molecule has 1 heterocycles. The van der Waals surface area contributed by atoms with E-state index in [4.69, 9.17) is 0 Å². The normalized spacial score (nSPS) is 20.7. The van der Waals surface area contributed by atoms with E-state index in [1.165, 1.54) is 17.2 Å². The van der Waals surface area contributed by atoms with Crippen LogP contribution in [0.5, 0.6) is 0 Å². The second kappa shape index (κ2) is 5.63. The van der Waals surface area contributed by atoms with Crippen LogP contribution in [0.15, 0.2) is 42.6 Å². The highest BCUT2D eigenvalue weighted by molar-refractivity contribution is 5.37. The van der Waals surface area contributed by atoms with Crippen molar-refractivity contribution in [3.05, 3.63) is 59.3 Å². The molecule has 1 aliphatic carbocycles. The van der Waals surface area contributed by atoms with Crippen molar-refractivity contribution in [2.75, 3.05) is 11.9 Å². The van der Waals surface area contributed by atoms with E-state index in [0.717, 1.165) is 25.2 Å². The summed E-state index contributed by atoms with van der Waals surface area (Å²) in [5.41, 5.74) is 1.85. The topological polar surface area (TPSA) is 24.9 Å². The predicted molar refractivity (Wildman–Crippen MR) is 79.8 cm³/mol. The minimum Gasteiger partial charge on any atom is -0.370 e. The number of anilines is 1. The van der Waals surface area contributed by atoms with Crippen LogP contribution in [0.4, 0.5) is 19.0 Å². The summed E-state index contributed by atoms with van der Waals surface area (Å²) in [6, 6.07) is 10.9. The van der Waals surface area contributed by atoms with Crippen molar-refractivity contribution in [3.63, 3.8) is 0 Å². The lowest BCUT2D eigenvalue weighted by molar-refractivity contribution is -0.137. The van der Waals surface area contributed by atoms with E-state index < -0.39 is 11.7 Å². The molecule has 1 N–H and O–H groups in total. The lowest BCUT2D eigenvalue weighted by atomic mass is 10.1. The highest BCUT2D eigenvalue weighted by atomic mass is 19.4. The molecule has 116 valence electrons. The lowest BCUT2D eigenvalue weighted by Crippen LogP contribution is -2.09. The zero-order chi connectivity index (χ0) is 15.7. The molecule has 1 saturated carbocycles. The van der Waals surface area contributed by atoms with Gasteiger partial charge < -0.3 is 5.32 Å². The number of halogens is 3. The van der Waals surface area contributed by atoms with Crippen LogP contribution in [0.3, 0.4) is 0 Å². The Bertz CT molecular complexity index is 632. The Morgan fingerprint density at radius 2 is 1.86 bits per heavy atom. The molecule has 0 radical (unpaired) electrons. The number of aryl methyl sites for hydroxylation is 1. The number of aromatic nitrogens is 1. The molecule has 0 saturated heterocycles. The molecular weight excluding hydrogens is 289 g/mol. The van der Waals surface area contributed by atoms with Crippen LogP contribution in [0.25, 0.3) is 0 Å². The SMILES string of the molecule is Cc1ccc([C@@H]2CC2CNc2ccc(C(F)(F)F)cn2)cc1. The molecule has 22 heavy (non-hydrogen) atoms. The lowest BCUT2D eigenvalue weighted by Gasteiger charge is -2.08. The highest BCUT2D eigenvalue weighted by Crippen LogP contribution is 2.47. The number of alkyl halides is 3. The van der Waals surface area contributed by atoms with Gasteiger partial charge in [0.15, 0.2) is 0 Å². The van der Waals surface area contributed by atoms with Gasteiger partial charge in [-0.2, -0.15) is 13.2 Å². The molecule has 1 aliphatic rings. The summed E-state index contributed by atoms with van der Waals surface area (Å²) >= 11 is 0. The molecule has 1 unspecified atom stereocenters. The smallest absolute Gasteiger partial charge is 0.370 e. The van der Waals surface area contributed by atoms with E-state index in [1.807, 2.05) is 0 Å². The van der Waals surface area contributed by atoms with Crippen molar-refractivity contribution in [1.82, 2.24) is 4.98 Å². The van der Waals surface area contributed by atoms with Crippen molar-refractivity contribution in [2.24, 2.45) is 5.92 Å². The molecule has 1 aromatic carbocycles. The minimum atomic E-state index is -4.33. The van der Waals surface area contributed by atoms with Gasteiger partial charge in [0.25, 0.3) is 0 Å². The number of hydrogen-bond donors (Lipinski definition) is 1. The number of hydrogen-bond acceptors (Lipinski definition) is 2. The fourth-order valence-electron chi connectivity index (χ4n) is 2.60. The Morgan fingerprint density at radius 1 is 1.14 bits per heavy atom. The van der Waals surface area contributed by atoms with Gasteiger partial charge in [-0.3, -0.25) is 0 Å². The van der Waals surface area contributed by atoms with Crippen LogP contribution in [-0.2, 0) is 6.18 Å². The molecule has 2 nitrogen and oxygen atoms in total. The molecule has 1 fully saturated rings. The first kappa shape index (κ1) is 14.9. The fraction of sp³-hybridized carbons (Fsp3) is 0.353. The standard InChI is InChI=1S/C17H17F3N2/c1-11-2-4-12(5-3-11)15-8-13(15)9-21-16-7-6-14(10-22-16)17(18,19)20/h2-7,10,13,15H,8-9H2,1H3,(H,21,22)/t13?,15-/m0/s1. The van der Waals surface area contributed by atoms with Crippen molar-refractivity contribution in [2.45, 2.75) is 25.4 Å². The van der Waals surface area contributed by atoms with Gasteiger partial charge in [0.05, 0.1) is 5.56 Å². The van der Waals surface area contributed by atoms with Crippen LogP contribution in [0, 0.1) is 12.8 Å². The first-order chi connectivity index (χ1) is 10.4.